The molecule has 0 radical (unpaired) electrons. The molecule has 0 saturated carbocycles. The first-order valence-corrected chi connectivity index (χ1v) is 7.26. The van der Waals surface area contributed by atoms with Crippen LogP contribution < -0.4 is 10.3 Å². The van der Waals surface area contributed by atoms with E-state index in [4.69, 9.17) is 16.7 Å². The highest BCUT2D eigenvalue weighted by molar-refractivity contribution is 7.92. The molecule has 0 atom stereocenters. The van der Waals surface area contributed by atoms with Crippen LogP contribution in [0.25, 0.3) is 0 Å². The Balaban J connectivity index is 2.35. The zero-order valence-corrected chi connectivity index (χ0v) is 11.6. The van der Waals surface area contributed by atoms with Crippen molar-refractivity contribution in [2.24, 2.45) is 0 Å². The summed E-state index contributed by atoms with van der Waals surface area (Å²) < 4.78 is 26.4. The van der Waals surface area contributed by atoms with Crippen LogP contribution in [0.5, 0.6) is 0 Å². The molecule has 1 heterocycles. The largest absolute Gasteiger partial charge is 0.392 e. The number of hydrogen-bond donors (Lipinski definition) is 3. The number of nitrogens with one attached hydrogen (secondary N) is 2. The van der Waals surface area contributed by atoms with Crippen molar-refractivity contribution in [3.8, 4) is 0 Å². The van der Waals surface area contributed by atoms with Gasteiger partial charge in [-0.15, -0.1) is 0 Å². The van der Waals surface area contributed by atoms with Gasteiger partial charge in [-0.2, -0.15) is 5.10 Å². The van der Waals surface area contributed by atoms with Crippen LogP contribution in [-0.2, 0) is 16.6 Å². The molecule has 0 aliphatic rings. The lowest BCUT2D eigenvalue weighted by atomic mass is 10.2. The first-order chi connectivity index (χ1) is 9.42. The van der Waals surface area contributed by atoms with E-state index in [9.17, 15) is 13.2 Å². The summed E-state index contributed by atoms with van der Waals surface area (Å²) in [6.07, 6.45) is 0. The Hall–Kier alpha value is -1.90. The Labute approximate surface area is 119 Å². The maximum Gasteiger partial charge on any atom is 0.264 e. The summed E-state index contributed by atoms with van der Waals surface area (Å²) in [7, 11) is -3.88. The van der Waals surface area contributed by atoms with Gasteiger partial charge < -0.3 is 5.11 Å². The second kappa shape index (κ2) is 5.61. The smallest absolute Gasteiger partial charge is 0.264 e. The lowest BCUT2D eigenvalue weighted by Gasteiger charge is -2.08. The number of sulfonamides is 1. The number of rotatable bonds is 4. The Bertz CT molecular complexity index is 768. The Morgan fingerprint density at radius 1 is 1.30 bits per heavy atom. The molecule has 7 nitrogen and oxygen atoms in total. The maximum absolute atomic E-state index is 12.1. The Morgan fingerprint density at radius 2 is 2.05 bits per heavy atom. The predicted molar refractivity (Wildman–Crippen MR) is 73.0 cm³/mol. The third kappa shape index (κ3) is 3.16. The minimum absolute atomic E-state index is 0.0231. The summed E-state index contributed by atoms with van der Waals surface area (Å²) in [4.78, 5) is 10.8. The summed E-state index contributed by atoms with van der Waals surface area (Å²) in [6, 6.07) is 6.32. The van der Waals surface area contributed by atoms with Crippen LogP contribution in [-0.4, -0.2) is 23.7 Å². The fourth-order valence-corrected chi connectivity index (χ4v) is 2.67. The first-order valence-electron chi connectivity index (χ1n) is 5.40. The van der Waals surface area contributed by atoms with E-state index in [-0.39, 0.29) is 22.3 Å². The van der Waals surface area contributed by atoms with Gasteiger partial charge in [-0.05, 0) is 29.8 Å². The predicted octanol–water partition coefficient (Wildman–Crippen LogP) is 0.716. The minimum atomic E-state index is -3.88. The SMILES string of the molecule is O=c1ccc(NS(=O)(=O)c2ccc(Cl)c(CO)c2)n[nH]1. The van der Waals surface area contributed by atoms with Crippen molar-refractivity contribution in [3.63, 3.8) is 0 Å². The highest BCUT2D eigenvalue weighted by atomic mass is 35.5. The van der Waals surface area contributed by atoms with E-state index in [2.05, 4.69) is 14.9 Å². The molecule has 0 amide bonds. The van der Waals surface area contributed by atoms with Crippen molar-refractivity contribution in [2.45, 2.75) is 11.5 Å². The van der Waals surface area contributed by atoms with Gasteiger partial charge in [0.1, 0.15) is 0 Å². The molecule has 0 bridgehead atoms. The number of hydrogen-bond acceptors (Lipinski definition) is 5. The van der Waals surface area contributed by atoms with E-state index in [1.807, 2.05) is 0 Å². The van der Waals surface area contributed by atoms with Crippen molar-refractivity contribution in [3.05, 3.63) is 51.3 Å². The molecule has 0 aliphatic heterocycles. The van der Waals surface area contributed by atoms with Crippen molar-refractivity contribution >= 4 is 27.4 Å². The number of benzene rings is 1. The van der Waals surface area contributed by atoms with Gasteiger partial charge in [0.2, 0.25) is 0 Å². The van der Waals surface area contributed by atoms with Crippen LogP contribution in [0.2, 0.25) is 5.02 Å². The van der Waals surface area contributed by atoms with Crippen LogP contribution in [0.4, 0.5) is 5.82 Å². The van der Waals surface area contributed by atoms with Crippen LogP contribution in [0.1, 0.15) is 5.56 Å². The average Bonchev–Trinajstić information content (AvgIpc) is 2.41. The van der Waals surface area contributed by atoms with Gasteiger partial charge in [-0.3, -0.25) is 9.52 Å². The number of aliphatic hydroxyl groups is 1. The molecule has 0 saturated heterocycles. The van der Waals surface area contributed by atoms with Gasteiger partial charge in [0.15, 0.2) is 5.82 Å². The Kier molecular flexibility index (Phi) is 4.07. The number of halogens is 1. The summed E-state index contributed by atoms with van der Waals surface area (Å²) in [5, 5.41) is 15.0. The lowest BCUT2D eigenvalue weighted by Crippen LogP contribution is -2.16. The summed E-state index contributed by atoms with van der Waals surface area (Å²) in [5.74, 6) is -0.0231. The van der Waals surface area contributed by atoms with Crippen LogP contribution in [0, 0.1) is 0 Å². The molecule has 0 spiro atoms. The molecule has 9 heteroatoms. The van der Waals surface area contributed by atoms with Crippen LogP contribution in [0.15, 0.2) is 40.0 Å². The minimum Gasteiger partial charge on any atom is -0.392 e. The maximum atomic E-state index is 12.1. The van der Waals surface area contributed by atoms with E-state index in [1.165, 1.54) is 24.3 Å². The summed E-state index contributed by atoms with van der Waals surface area (Å²) in [6.45, 7) is -0.376. The topological polar surface area (TPSA) is 112 Å². The zero-order chi connectivity index (χ0) is 14.8. The number of aliphatic hydroxyl groups excluding tert-OH is 1. The number of nitrogens with zero attached hydrogens (tertiary/aromatic N) is 1. The van der Waals surface area contributed by atoms with E-state index in [0.29, 0.717) is 5.56 Å². The molecule has 20 heavy (non-hydrogen) atoms. The van der Waals surface area contributed by atoms with Crippen molar-refractivity contribution in [1.29, 1.82) is 0 Å². The number of aromatic nitrogens is 2. The summed E-state index contributed by atoms with van der Waals surface area (Å²) >= 11 is 5.80. The van der Waals surface area contributed by atoms with Gasteiger partial charge in [0, 0.05) is 11.1 Å². The number of anilines is 1. The highest BCUT2D eigenvalue weighted by Crippen LogP contribution is 2.21. The normalized spacial score (nSPS) is 11.3. The number of H-pyrrole nitrogens is 1. The van der Waals surface area contributed by atoms with Crippen molar-refractivity contribution < 1.29 is 13.5 Å². The highest BCUT2D eigenvalue weighted by Gasteiger charge is 2.16. The zero-order valence-electron chi connectivity index (χ0n) is 10.00. The molecular weight excluding hydrogens is 306 g/mol. The van der Waals surface area contributed by atoms with Crippen LogP contribution in [0.3, 0.4) is 0 Å². The fraction of sp³-hybridized carbons (Fsp3) is 0.0909. The van der Waals surface area contributed by atoms with Gasteiger partial charge >= 0.3 is 0 Å². The second-order valence-electron chi connectivity index (χ2n) is 3.82. The van der Waals surface area contributed by atoms with Crippen molar-refractivity contribution in [1.82, 2.24) is 10.2 Å². The molecule has 2 aromatic rings. The molecule has 3 N–H and O–H groups in total. The van der Waals surface area contributed by atoms with E-state index in [1.54, 1.807) is 0 Å². The standard InChI is InChI=1S/C11H10ClN3O4S/c12-9-2-1-8(5-7(9)6-16)20(18,19)15-10-3-4-11(17)14-13-10/h1-5,16H,6H2,(H,13,15)(H,14,17). The third-order valence-electron chi connectivity index (χ3n) is 2.42. The average molecular weight is 316 g/mol. The molecule has 106 valence electrons. The third-order valence-corrected chi connectivity index (χ3v) is 4.14. The van der Waals surface area contributed by atoms with Gasteiger partial charge in [-0.1, -0.05) is 11.6 Å². The molecule has 0 fully saturated rings. The molecule has 1 aromatic heterocycles. The monoisotopic (exact) mass is 315 g/mol. The van der Waals surface area contributed by atoms with E-state index < -0.39 is 15.6 Å². The molecule has 2 rings (SSSR count). The van der Waals surface area contributed by atoms with Gasteiger partial charge in [0.05, 0.1) is 11.5 Å². The summed E-state index contributed by atoms with van der Waals surface area (Å²) in [5.41, 5.74) is -0.147. The quantitative estimate of drug-likeness (QED) is 0.769. The first kappa shape index (κ1) is 14.5. The van der Waals surface area contributed by atoms with Gasteiger partial charge in [0.25, 0.3) is 15.6 Å². The lowest BCUT2D eigenvalue weighted by molar-refractivity contribution is 0.281. The van der Waals surface area contributed by atoms with E-state index in [0.717, 1.165) is 6.07 Å². The molecule has 0 aliphatic carbocycles. The molecule has 0 unspecified atom stereocenters. The van der Waals surface area contributed by atoms with Gasteiger partial charge in [-0.25, -0.2) is 13.5 Å². The number of aromatic amines is 1. The molecule has 1 aromatic carbocycles. The second-order valence-corrected chi connectivity index (χ2v) is 5.91. The van der Waals surface area contributed by atoms with Crippen molar-refractivity contribution in [2.75, 3.05) is 4.72 Å². The van der Waals surface area contributed by atoms with E-state index >= 15 is 0 Å². The van der Waals surface area contributed by atoms with Crippen LogP contribution >= 0.6 is 11.6 Å². The molecular formula is C11H10ClN3O4S. The Morgan fingerprint density at radius 3 is 2.65 bits per heavy atom. The fourth-order valence-electron chi connectivity index (χ4n) is 1.44.